The second kappa shape index (κ2) is 20.0. The number of benzene rings is 4. The van der Waals surface area contributed by atoms with Crippen LogP contribution in [0, 0.1) is 17.8 Å². The van der Waals surface area contributed by atoms with E-state index in [9.17, 15) is 25.2 Å². The highest BCUT2D eigenvalue weighted by atomic mass is 16.5. The number of hydrogen-bond donors (Lipinski definition) is 5. The first kappa shape index (κ1) is 41.7. The van der Waals surface area contributed by atoms with Gasteiger partial charge < -0.3 is 36.6 Å². The lowest BCUT2D eigenvalue weighted by Gasteiger charge is -2.27. The topological polar surface area (TPSA) is 174 Å². The van der Waals surface area contributed by atoms with Gasteiger partial charge in [-0.05, 0) is 114 Å². The van der Waals surface area contributed by atoms with E-state index >= 15 is 0 Å². The first-order chi connectivity index (χ1) is 28.0. The van der Waals surface area contributed by atoms with E-state index in [4.69, 9.17) is 16.2 Å². The number of ketones is 1. The van der Waals surface area contributed by atoms with Crippen molar-refractivity contribution < 1.29 is 30.0 Å². The Morgan fingerprint density at radius 2 is 1.74 bits per heavy atom. The van der Waals surface area contributed by atoms with E-state index in [1.165, 1.54) is 0 Å². The van der Waals surface area contributed by atoms with Crippen LogP contribution >= 0.6 is 0 Å². The van der Waals surface area contributed by atoms with Gasteiger partial charge >= 0.3 is 0 Å². The first-order valence-electron chi connectivity index (χ1n) is 20.0. The molecule has 7 N–H and O–H groups in total. The molecular weight excluding hydrogens is 727 g/mol. The Kier molecular flexibility index (Phi) is 14.4. The summed E-state index contributed by atoms with van der Waals surface area (Å²) in [5.74, 6) is 6.35. The van der Waals surface area contributed by atoms with Crippen LogP contribution in [-0.2, 0) is 24.1 Å². The van der Waals surface area contributed by atoms with Crippen molar-refractivity contribution in [2.45, 2.75) is 82.9 Å². The lowest BCUT2D eigenvalue weighted by atomic mass is 9.82. The number of rotatable bonds is 17. The van der Waals surface area contributed by atoms with Crippen LogP contribution in [0.3, 0.4) is 0 Å². The normalized spacial score (nSPS) is 16.0. The third-order valence-electron chi connectivity index (χ3n) is 10.9. The molecule has 0 saturated carbocycles. The van der Waals surface area contributed by atoms with Crippen molar-refractivity contribution in [1.29, 1.82) is 0 Å². The smallest absolute Gasteiger partial charge is 0.161 e. The molecule has 4 aromatic carbocycles. The van der Waals surface area contributed by atoms with Gasteiger partial charge in [0.15, 0.2) is 17.3 Å². The lowest BCUT2D eigenvalue weighted by Crippen LogP contribution is -2.21. The fraction of sp³-hybridized carbons (Fsp3) is 0.306. The number of phenols is 2. The Labute approximate surface area is 341 Å². The van der Waals surface area contributed by atoms with Crippen molar-refractivity contribution >= 4 is 11.5 Å². The number of carbonyl (C=O) groups is 1. The van der Waals surface area contributed by atoms with Crippen LogP contribution in [-0.4, -0.2) is 39.5 Å². The van der Waals surface area contributed by atoms with Gasteiger partial charge in [0.05, 0.1) is 31.0 Å². The summed E-state index contributed by atoms with van der Waals surface area (Å²) in [5, 5.41) is 46.0. The zero-order valence-electron chi connectivity index (χ0n) is 32.9. The van der Waals surface area contributed by atoms with Crippen molar-refractivity contribution in [3.05, 3.63) is 160 Å². The van der Waals surface area contributed by atoms with Gasteiger partial charge in [-0.15, -0.1) is 5.76 Å². The number of fused-ring (bicyclic) bond motifs is 2. The maximum absolute atomic E-state index is 13.7. The number of aliphatic hydroxyl groups excluding tert-OH is 1. The quantitative estimate of drug-likeness (QED) is 0.0331. The fourth-order valence-electron chi connectivity index (χ4n) is 7.38. The van der Waals surface area contributed by atoms with Crippen LogP contribution in [0.1, 0.15) is 96.5 Å². The second-order valence-electron chi connectivity index (χ2n) is 15.2. The zero-order valence-corrected chi connectivity index (χ0v) is 32.9. The number of aliphatic hydroxyl groups is 1. The molecule has 0 saturated heterocycles. The molecule has 0 unspecified atom stereocenters. The zero-order chi connectivity index (χ0) is 41.0. The molecule has 0 amide bonds. The number of nitrogens with two attached hydrogens (primary N) is 2. The Morgan fingerprint density at radius 1 is 0.966 bits per heavy atom. The van der Waals surface area contributed by atoms with Gasteiger partial charge in [0, 0.05) is 36.1 Å². The van der Waals surface area contributed by atoms with Crippen molar-refractivity contribution in [1.82, 2.24) is 0 Å². The Hall–Kier alpha value is -5.92. The predicted octanol–water partition coefficient (Wildman–Crippen LogP) is 6.96. The Balaban J connectivity index is 1.04. The van der Waals surface area contributed by atoms with Gasteiger partial charge in [-0.1, -0.05) is 85.5 Å². The van der Waals surface area contributed by atoms with Crippen molar-refractivity contribution in [2.75, 3.05) is 6.61 Å². The van der Waals surface area contributed by atoms with Crippen LogP contribution in [0.25, 0.3) is 0 Å². The molecule has 3 atom stereocenters. The molecule has 0 bridgehead atoms. The molecule has 0 fully saturated rings. The lowest BCUT2D eigenvalue weighted by molar-refractivity contribution is -0.307. The van der Waals surface area contributed by atoms with E-state index in [1.807, 2.05) is 66.7 Å². The predicted molar refractivity (Wildman–Crippen MR) is 226 cm³/mol. The SMILES string of the molecule is C[C@H](CCC/C=C/C(=O)CCc1ccc(O)c(OCCc2ccc(O)c([C@H]3CC([O-])=C4C=CN=C4CC#Cc4cc(C(N)N)ccc43)c2)c1)[C@H](O)Cc1ccccc1. The second-order valence-corrected chi connectivity index (χ2v) is 15.2. The van der Waals surface area contributed by atoms with Crippen molar-refractivity contribution in [3.8, 4) is 29.1 Å². The fourth-order valence-corrected chi connectivity index (χ4v) is 7.38. The molecule has 1 heterocycles. The number of aryl methyl sites for hydroxylation is 1. The molecule has 4 aromatic rings. The molecule has 9 nitrogen and oxygen atoms in total. The number of hydrogen-bond acceptors (Lipinski definition) is 9. The number of ether oxygens (including phenoxy) is 1. The highest BCUT2D eigenvalue weighted by molar-refractivity contribution is 6.06. The summed E-state index contributed by atoms with van der Waals surface area (Å²) >= 11 is 0. The van der Waals surface area contributed by atoms with Crippen LogP contribution < -0.4 is 21.3 Å². The van der Waals surface area contributed by atoms with Gasteiger partial charge in [0.2, 0.25) is 0 Å². The summed E-state index contributed by atoms with van der Waals surface area (Å²) in [6.07, 6.45) is 10.7. The number of phenolic OH excluding ortho intramolecular Hbond substituents is 2. The van der Waals surface area contributed by atoms with E-state index in [2.05, 4.69) is 23.8 Å². The van der Waals surface area contributed by atoms with E-state index < -0.39 is 18.2 Å². The molecule has 58 heavy (non-hydrogen) atoms. The molecule has 2 aliphatic rings. The maximum Gasteiger partial charge on any atom is 0.161 e. The maximum atomic E-state index is 13.7. The third kappa shape index (κ3) is 11.1. The van der Waals surface area contributed by atoms with Gasteiger partial charge in [0.25, 0.3) is 0 Å². The molecule has 1 aliphatic heterocycles. The minimum Gasteiger partial charge on any atom is -0.875 e. The van der Waals surface area contributed by atoms with E-state index in [0.29, 0.717) is 65.8 Å². The summed E-state index contributed by atoms with van der Waals surface area (Å²) in [4.78, 5) is 17.0. The van der Waals surface area contributed by atoms with Crippen LogP contribution in [0.5, 0.6) is 17.2 Å². The number of allylic oxidation sites excluding steroid dienone is 5. The average molecular weight is 779 g/mol. The van der Waals surface area contributed by atoms with Crippen LogP contribution in [0.2, 0.25) is 0 Å². The number of unbranched alkanes of at least 4 members (excludes halogenated alkanes) is 1. The number of carbonyl (C=O) groups excluding carboxylic acids is 1. The molecule has 0 aromatic heterocycles. The minimum absolute atomic E-state index is 0.000142. The van der Waals surface area contributed by atoms with Crippen LogP contribution in [0.4, 0.5) is 0 Å². The summed E-state index contributed by atoms with van der Waals surface area (Å²) in [7, 11) is 0. The van der Waals surface area contributed by atoms with E-state index in [-0.39, 0.29) is 42.0 Å². The Bertz CT molecular complexity index is 2260. The minimum atomic E-state index is -0.699. The Morgan fingerprint density at radius 3 is 2.53 bits per heavy atom. The van der Waals surface area contributed by atoms with E-state index in [1.54, 1.807) is 42.6 Å². The summed E-state index contributed by atoms with van der Waals surface area (Å²) in [6.45, 7) is 2.30. The number of aliphatic imine (C=N–C) groups is 1. The number of nitrogens with zero attached hydrogens (tertiary/aromatic N) is 1. The van der Waals surface area contributed by atoms with Crippen LogP contribution in [0.15, 0.2) is 126 Å². The van der Waals surface area contributed by atoms with Crippen molar-refractivity contribution in [2.24, 2.45) is 22.4 Å². The first-order valence-corrected chi connectivity index (χ1v) is 20.0. The molecule has 1 aliphatic carbocycles. The molecular formula is C49H52N3O6-. The van der Waals surface area contributed by atoms with E-state index in [0.717, 1.165) is 41.5 Å². The molecule has 300 valence electrons. The van der Waals surface area contributed by atoms with Gasteiger partial charge in [-0.2, -0.15) is 0 Å². The third-order valence-corrected chi connectivity index (χ3v) is 10.9. The molecule has 9 heteroatoms. The summed E-state index contributed by atoms with van der Waals surface area (Å²) < 4.78 is 6.04. The standard InChI is InChI=1S/C49H53N3O6/c1-32(46(56)28-33-10-5-3-6-11-33)9-4-2-7-13-38(53)19-15-34-17-22-45(55)48(29-34)58-26-24-35-16-21-44(54)42(27-35)41-31-47(57)40-23-25-52-43(40)14-8-12-36-30-37(49(50)51)18-20-39(36)41/h3,5-7,10-11,13,16-18,20-23,25,27,29-30,32,41,46,49,54-57H,2,4,9,14-15,19,24,26,28,31,50-51H2,1H3/p-1/b13-7+,47-40?/t32-,41+,46-/m1/s1. The number of aromatic hydroxyl groups is 2. The largest absolute Gasteiger partial charge is 0.875 e. The molecule has 0 spiro atoms. The van der Waals surface area contributed by atoms with Gasteiger partial charge in [0.1, 0.15) is 5.75 Å². The molecule has 0 radical (unpaired) electrons. The summed E-state index contributed by atoms with van der Waals surface area (Å²) in [6, 6.07) is 26.0. The van der Waals surface area contributed by atoms with Crippen molar-refractivity contribution in [3.63, 3.8) is 0 Å². The highest BCUT2D eigenvalue weighted by Gasteiger charge is 2.24. The van der Waals surface area contributed by atoms with Gasteiger partial charge in [-0.3, -0.25) is 9.79 Å². The van der Waals surface area contributed by atoms with Gasteiger partial charge in [-0.25, -0.2) is 0 Å². The highest BCUT2D eigenvalue weighted by Crippen LogP contribution is 2.39. The monoisotopic (exact) mass is 778 g/mol. The summed E-state index contributed by atoms with van der Waals surface area (Å²) in [5.41, 5.74) is 18.8. The molecule has 6 rings (SSSR count). The average Bonchev–Trinajstić information content (AvgIpc) is 3.69.